The molecule has 172 valence electrons. The van der Waals surface area contributed by atoms with E-state index in [0.29, 0.717) is 23.5 Å². The van der Waals surface area contributed by atoms with Crippen LogP contribution in [0.3, 0.4) is 0 Å². The molecule has 5 heteroatoms. The van der Waals surface area contributed by atoms with Gasteiger partial charge in [0.15, 0.2) is 0 Å². The van der Waals surface area contributed by atoms with Crippen LogP contribution in [0.2, 0.25) is 0 Å². The largest absolute Gasteiger partial charge is 0.415 e. The van der Waals surface area contributed by atoms with Gasteiger partial charge in [-0.1, -0.05) is 66.7 Å². The van der Waals surface area contributed by atoms with E-state index in [0.717, 1.165) is 32.1 Å². The van der Waals surface area contributed by atoms with Crippen molar-refractivity contribution >= 4 is 22.8 Å². The number of ether oxygens (including phenoxy) is 1. The molecular formula is C28H30ClNO3. The summed E-state index contributed by atoms with van der Waals surface area (Å²) in [4.78, 5) is 21.1. The molecule has 2 aliphatic carbocycles. The second-order valence-corrected chi connectivity index (χ2v) is 8.85. The van der Waals surface area contributed by atoms with E-state index < -0.39 is 5.43 Å². The number of benzene rings is 3. The lowest BCUT2D eigenvalue weighted by Crippen LogP contribution is -2.18. The highest BCUT2D eigenvalue weighted by molar-refractivity contribution is 6.61. The monoisotopic (exact) mass is 463 g/mol. The zero-order valence-electron chi connectivity index (χ0n) is 18.9. The first-order chi connectivity index (χ1) is 15.9. The van der Waals surface area contributed by atoms with Crippen molar-refractivity contribution in [2.45, 2.75) is 45.1 Å². The lowest BCUT2D eigenvalue weighted by atomic mass is 10.0. The summed E-state index contributed by atoms with van der Waals surface area (Å²) in [7, 11) is 0. The second kappa shape index (κ2) is 12.3. The van der Waals surface area contributed by atoms with E-state index in [4.69, 9.17) is 17.3 Å². The molecule has 4 nitrogen and oxygen atoms in total. The van der Waals surface area contributed by atoms with E-state index in [2.05, 4.69) is 53.3 Å². The average molecular weight is 464 g/mol. The molecule has 0 radical (unpaired) electrons. The van der Waals surface area contributed by atoms with Crippen molar-refractivity contribution in [2.24, 2.45) is 11.7 Å². The highest BCUT2D eigenvalue weighted by Gasteiger charge is 2.21. The number of fused-ring (bicyclic) bond motifs is 2. The summed E-state index contributed by atoms with van der Waals surface area (Å²) >= 11 is 4.95. The summed E-state index contributed by atoms with van der Waals surface area (Å²) < 4.78 is 4.54. The molecule has 0 spiro atoms. The van der Waals surface area contributed by atoms with Crippen LogP contribution in [0.1, 0.15) is 35.6 Å². The van der Waals surface area contributed by atoms with Gasteiger partial charge in [0.25, 0.3) is 0 Å². The number of ketones is 1. The Balaban J connectivity index is 0.000000141. The number of hydrogen-bond donors (Lipinski definition) is 1. The third-order valence-corrected chi connectivity index (χ3v) is 5.81. The lowest BCUT2D eigenvalue weighted by Gasteiger charge is -2.03. The predicted octanol–water partition coefficient (Wildman–Crippen LogP) is 5.92. The van der Waals surface area contributed by atoms with E-state index >= 15 is 0 Å². The average Bonchev–Trinajstić information content (AvgIpc) is 3.36. The van der Waals surface area contributed by atoms with Gasteiger partial charge in [-0.05, 0) is 72.9 Å². The predicted molar refractivity (Wildman–Crippen MR) is 133 cm³/mol. The molecule has 3 aromatic carbocycles. The Morgan fingerprint density at radius 2 is 1.21 bits per heavy atom. The molecule has 5 rings (SSSR count). The number of nitrogens with two attached hydrogens (primary N) is 1. The van der Waals surface area contributed by atoms with E-state index in [-0.39, 0.29) is 0 Å². The van der Waals surface area contributed by atoms with E-state index in [1.54, 1.807) is 31.2 Å². The van der Waals surface area contributed by atoms with Crippen LogP contribution in [0.15, 0.2) is 78.9 Å². The molecule has 0 amide bonds. The van der Waals surface area contributed by atoms with Gasteiger partial charge in [0.05, 0.1) is 0 Å². The minimum atomic E-state index is -0.814. The fraction of sp³-hybridized carbons (Fsp3) is 0.286. The quantitative estimate of drug-likeness (QED) is 0.489. The van der Waals surface area contributed by atoms with Crippen molar-refractivity contribution < 1.29 is 14.3 Å². The van der Waals surface area contributed by atoms with Crippen LogP contribution in [-0.2, 0) is 30.5 Å². The molecule has 2 aliphatic rings. The summed E-state index contributed by atoms with van der Waals surface area (Å²) in [5.74, 6) is 1.34. The summed E-state index contributed by atoms with van der Waals surface area (Å²) in [6.45, 7) is 1.68. The highest BCUT2D eigenvalue weighted by Crippen LogP contribution is 2.28. The SMILES string of the molecule is CC(=O)CC1Cc2ccccc2C1.NC1Cc2ccccc2C1.O=C(Cl)Oc1ccccc1. The maximum atomic E-state index is 11.0. The number of hydrogen-bond acceptors (Lipinski definition) is 4. The van der Waals surface area contributed by atoms with Crippen molar-refractivity contribution in [2.75, 3.05) is 0 Å². The van der Waals surface area contributed by atoms with Gasteiger partial charge in [0.2, 0.25) is 0 Å². The Morgan fingerprint density at radius 3 is 1.64 bits per heavy atom. The first-order valence-electron chi connectivity index (χ1n) is 11.2. The normalized spacial score (nSPS) is 14.2. The minimum Gasteiger partial charge on any atom is -0.415 e. The van der Waals surface area contributed by atoms with Gasteiger partial charge in [-0.2, -0.15) is 0 Å². The van der Waals surface area contributed by atoms with Crippen LogP contribution in [0.5, 0.6) is 5.75 Å². The van der Waals surface area contributed by atoms with Crippen LogP contribution in [-0.4, -0.2) is 17.3 Å². The summed E-state index contributed by atoms with van der Waals surface area (Å²) in [5.41, 5.74) is 10.7. The maximum absolute atomic E-state index is 11.0. The van der Waals surface area contributed by atoms with Crippen molar-refractivity contribution in [3.8, 4) is 5.75 Å². The number of carbonyl (C=O) groups is 2. The Hall–Kier alpha value is -2.95. The molecule has 0 fully saturated rings. The van der Waals surface area contributed by atoms with E-state index in [1.165, 1.54) is 22.3 Å². The van der Waals surface area contributed by atoms with Crippen molar-refractivity contribution in [3.05, 3.63) is 101 Å². The fourth-order valence-corrected chi connectivity index (χ4v) is 4.46. The van der Waals surface area contributed by atoms with Gasteiger partial charge in [-0.3, -0.25) is 0 Å². The minimum absolute atomic E-state index is 0.317. The summed E-state index contributed by atoms with van der Waals surface area (Å²) in [5, 5.41) is 0. The topological polar surface area (TPSA) is 69.4 Å². The lowest BCUT2D eigenvalue weighted by molar-refractivity contribution is -0.117. The standard InChI is InChI=1S/C12H14O.C9H11N.C7H5ClO2/c1-9(13)6-10-7-11-4-2-3-5-12(11)8-10;10-9-5-7-3-1-2-4-8(7)6-9;8-7(9)10-6-4-2-1-3-5-6/h2-5,10H,6-8H2,1H3;1-4,9H,5-6,10H2;1-5H. The summed E-state index contributed by atoms with van der Waals surface area (Å²) in [6, 6.07) is 26.0. The Morgan fingerprint density at radius 1 is 0.788 bits per heavy atom. The van der Waals surface area contributed by atoms with E-state index in [9.17, 15) is 9.59 Å². The molecule has 0 atom stereocenters. The third-order valence-electron chi connectivity index (χ3n) is 5.74. The number of Topliss-reactive ketones (excluding diaryl/α,β-unsaturated/α-hetero) is 1. The van der Waals surface area contributed by atoms with Gasteiger partial charge in [-0.15, -0.1) is 0 Å². The first kappa shape index (κ1) is 24.7. The molecule has 3 aromatic rings. The van der Waals surface area contributed by atoms with Crippen molar-refractivity contribution in [3.63, 3.8) is 0 Å². The number of halogens is 1. The third kappa shape index (κ3) is 8.16. The molecule has 2 N–H and O–H groups in total. The van der Waals surface area contributed by atoms with Gasteiger partial charge in [0.1, 0.15) is 11.5 Å². The molecule has 0 aliphatic heterocycles. The second-order valence-electron chi connectivity index (χ2n) is 8.54. The molecule has 0 saturated carbocycles. The van der Waals surface area contributed by atoms with Crippen molar-refractivity contribution in [1.82, 2.24) is 0 Å². The first-order valence-corrected chi connectivity index (χ1v) is 11.6. The smallest absolute Gasteiger partial charge is 0.409 e. The zero-order chi connectivity index (χ0) is 23.6. The Bertz CT molecular complexity index is 1020. The van der Waals surface area contributed by atoms with Gasteiger partial charge >= 0.3 is 5.43 Å². The van der Waals surface area contributed by atoms with Gasteiger partial charge in [-0.25, -0.2) is 4.79 Å². The highest BCUT2D eigenvalue weighted by atomic mass is 35.5. The molecule has 0 saturated heterocycles. The van der Waals surface area contributed by atoms with Crippen molar-refractivity contribution in [1.29, 1.82) is 0 Å². The van der Waals surface area contributed by atoms with Crippen LogP contribution in [0.4, 0.5) is 4.79 Å². The molecular weight excluding hydrogens is 434 g/mol. The number of carbonyl (C=O) groups excluding carboxylic acids is 2. The Kier molecular flexibility index (Phi) is 9.23. The van der Waals surface area contributed by atoms with Gasteiger partial charge < -0.3 is 15.3 Å². The summed E-state index contributed by atoms with van der Waals surface area (Å²) in [6.07, 6.45) is 5.06. The maximum Gasteiger partial charge on any atom is 0.409 e. The zero-order valence-corrected chi connectivity index (χ0v) is 19.6. The van der Waals surface area contributed by atoms with Crippen LogP contribution in [0, 0.1) is 5.92 Å². The molecule has 0 heterocycles. The molecule has 33 heavy (non-hydrogen) atoms. The molecule has 0 bridgehead atoms. The van der Waals surface area contributed by atoms with Gasteiger partial charge in [0, 0.05) is 24.1 Å². The fourth-order valence-electron chi connectivity index (χ4n) is 4.37. The van der Waals surface area contributed by atoms with Crippen LogP contribution >= 0.6 is 11.6 Å². The van der Waals surface area contributed by atoms with E-state index in [1.807, 2.05) is 6.07 Å². The van der Waals surface area contributed by atoms with Crippen LogP contribution in [0.25, 0.3) is 0 Å². The number of rotatable bonds is 3. The van der Waals surface area contributed by atoms with Crippen LogP contribution < -0.4 is 10.5 Å². The molecule has 0 aromatic heterocycles. The number of para-hydroxylation sites is 1. The Labute approximate surface area is 200 Å². The molecule has 0 unspecified atom stereocenters.